The molecule has 4 atom stereocenters. The van der Waals surface area contributed by atoms with Crippen LogP contribution in [0.5, 0.6) is 0 Å². The number of hydrogen-bond donors (Lipinski definition) is 2. The van der Waals surface area contributed by atoms with Crippen LogP contribution in [0, 0.1) is 27.6 Å². The normalized spacial score (nSPS) is 34.7. The van der Waals surface area contributed by atoms with Gasteiger partial charge in [0.15, 0.2) is 0 Å². The van der Waals surface area contributed by atoms with Crippen LogP contribution in [0.2, 0.25) is 0 Å². The lowest BCUT2D eigenvalue weighted by atomic mass is 9.43. The molecule has 0 fully saturated rings. The van der Waals surface area contributed by atoms with Gasteiger partial charge in [-0.15, -0.1) is 6.58 Å². The summed E-state index contributed by atoms with van der Waals surface area (Å²) in [6, 6.07) is 0. The minimum atomic E-state index is -0.608. The summed E-state index contributed by atoms with van der Waals surface area (Å²) in [6.07, 6.45) is 18.6. The second-order valence-electron chi connectivity index (χ2n) is 10.2. The van der Waals surface area contributed by atoms with E-state index in [-0.39, 0.29) is 16.7 Å². The molecule has 2 heteroatoms. The Kier molecular flexibility index (Phi) is 6.14. The van der Waals surface area contributed by atoms with Crippen molar-refractivity contribution in [2.24, 2.45) is 27.6 Å². The zero-order chi connectivity index (χ0) is 20.5. The quantitative estimate of drug-likeness (QED) is 0.618. The van der Waals surface area contributed by atoms with Crippen LogP contribution >= 0.6 is 0 Å². The molecule has 0 amide bonds. The number of aliphatic hydroxyl groups excluding tert-OH is 2. The molecule has 150 valence electrons. The highest BCUT2D eigenvalue weighted by atomic mass is 16.3. The summed E-state index contributed by atoms with van der Waals surface area (Å²) in [6.45, 7) is 17.1. The van der Waals surface area contributed by atoms with Crippen molar-refractivity contribution in [2.75, 3.05) is 0 Å². The van der Waals surface area contributed by atoms with Gasteiger partial charge >= 0.3 is 0 Å². The molecule has 2 aliphatic rings. The van der Waals surface area contributed by atoms with Crippen molar-refractivity contribution in [3.05, 3.63) is 61.3 Å². The molecule has 2 N–H and O–H groups in total. The first-order chi connectivity index (χ1) is 12.4. The van der Waals surface area contributed by atoms with Gasteiger partial charge in [0.05, 0.1) is 12.2 Å². The fraction of sp³-hybridized carbons (Fsp3) is 0.600. The standard InChI is InChI=1S/C25H38O2/c1-8-9-14-19(24(22(2,3)4)17-12-10-15-20(24)26)25(23(5,6)7)18-13-11-16-21(25)27/h8,10-13,15-21,26-27H,1,9,14H2,2-7H3. The Morgan fingerprint density at radius 2 is 1.26 bits per heavy atom. The lowest BCUT2D eigenvalue weighted by molar-refractivity contribution is -0.138. The van der Waals surface area contributed by atoms with Crippen LogP contribution in [0.4, 0.5) is 0 Å². The van der Waals surface area contributed by atoms with Gasteiger partial charge in [-0.2, -0.15) is 0 Å². The van der Waals surface area contributed by atoms with Gasteiger partial charge < -0.3 is 10.2 Å². The first kappa shape index (κ1) is 21.9. The number of allylic oxidation sites excluding steroid dienone is 5. The SMILES string of the molecule is C=CCCC(C1(C(C)(C)C)C=CC=CC1O)C1(C(C)(C)C)C=CC=CC1O. The fourth-order valence-corrected chi connectivity index (χ4v) is 5.52. The summed E-state index contributed by atoms with van der Waals surface area (Å²) in [7, 11) is 0. The van der Waals surface area contributed by atoms with E-state index in [0.29, 0.717) is 0 Å². The minimum Gasteiger partial charge on any atom is -0.388 e. The predicted octanol–water partition coefficient (Wildman–Crippen LogP) is 5.61. The molecule has 0 heterocycles. The van der Waals surface area contributed by atoms with Gasteiger partial charge in [0.25, 0.3) is 0 Å². The van der Waals surface area contributed by atoms with Crippen LogP contribution in [-0.4, -0.2) is 22.4 Å². The molecule has 0 radical (unpaired) electrons. The maximum atomic E-state index is 11.3. The van der Waals surface area contributed by atoms with Crippen LogP contribution in [-0.2, 0) is 0 Å². The molecule has 4 unspecified atom stereocenters. The largest absolute Gasteiger partial charge is 0.388 e. The molecular formula is C25H38O2. The molecule has 0 bridgehead atoms. The molecule has 0 saturated carbocycles. The van der Waals surface area contributed by atoms with Gasteiger partial charge in [0, 0.05) is 10.8 Å². The molecule has 0 aromatic rings. The number of hydrogen-bond acceptors (Lipinski definition) is 2. The van der Waals surface area contributed by atoms with Crippen LogP contribution in [0.1, 0.15) is 54.4 Å². The Labute approximate surface area is 166 Å². The third kappa shape index (κ3) is 3.43. The maximum absolute atomic E-state index is 11.3. The Bertz CT molecular complexity index is 601. The van der Waals surface area contributed by atoms with Crippen molar-refractivity contribution in [1.29, 1.82) is 0 Å². The highest BCUT2D eigenvalue weighted by molar-refractivity contribution is 5.33. The monoisotopic (exact) mass is 370 g/mol. The molecule has 0 spiro atoms. The van der Waals surface area contributed by atoms with E-state index in [1.807, 2.05) is 30.4 Å². The van der Waals surface area contributed by atoms with E-state index in [9.17, 15) is 10.2 Å². The van der Waals surface area contributed by atoms with Crippen molar-refractivity contribution >= 4 is 0 Å². The Morgan fingerprint density at radius 3 is 1.56 bits per heavy atom. The van der Waals surface area contributed by atoms with Crippen molar-refractivity contribution < 1.29 is 10.2 Å². The van der Waals surface area contributed by atoms with E-state index >= 15 is 0 Å². The lowest BCUT2D eigenvalue weighted by Crippen LogP contribution is -2.61. The molecule has 0 aromatic heterocycles. The zero-order valence-corrected chi connectivity index (χ0v) is 17.9. The van der Waals surface area contributed by atoms with E-state index in [0.717, 1.165) is 12.8 Å². The molecular weight excluding hydrogens is 332 g/mol. The van der Waals surface area contributed by atoms with Gasteiger partial charge in [-0.3, -0.25) is 0 Å². The van der Waals surface area contributed by atoms with Crippen molar-refractivity contribution in [1.82, 2.24) is 0 Å². The topological polar surface area (TPSA) is 40.5 Å². The lowest BCUT2D eigenvalue weighted by Gasteiger charge is -2.62. The molecule has 0 saturated heterocycles. The van der Waals surface area contributed by atoms with E-state index in [1.165, 1.54) is 0 Å². The van der Waals surface area contributed by atoms with E-state index in [2.05, 4.69) is 72.4 Å². The molecule has 2 rings (SSSR count). The summed E-state index contributed by atoms with van der Waals surface area (Å²) in [4.78, 5) is 0. The Balaban J connectivity index is 2.81. The number of rotatable bonds is 5. The van der Waals surface area contributed by atoms with Crippen molar-refractivity contribution in [3.8, 4) is 0 Å². The second-order valence-corrected chi connectivity index (χ2v) is 10.2. The third-order valence-electron chi connectivity index (χ3n) is 6.94. The first-order valence-electron chi connectivity index (χ1n) is 10.1. The average Bonchev–Trinajstić information content (AvgIpc) is 2.56. The highest BCUT2D eigenvalue weighted by Crippen LogP contribution is 2.63. The highest BCUT2D eigenvalue weighted by Gasteiger charge is 2.62. The van der Waals surface area contributed by atoms with Crippen LogP contribution < -0.4 is 0 Å². The van der Waals surface area contributed by atoms with Gasteiger partial charge in [-0.1, -0.05) is 96.2 Å². The Morgan fingerprint density at radius 1 is 0.852 bits per heavy atom. The summed E-state index contributed by atoms with van der Waals surface area (Å²) < 4.78 is 0. The van der Waals surface area contributed by atoms with Gasteiger partial charge in [0.2, 0.25) is 0 Å². The average molecular weight is 371 g/mol. The van der Waals surface area contributed by atoms with Crippen LogP contribution in [0.15, 0.2) is 61.3 Å². The van der Waals surface area contributed by atoms with Crippen LogP contribution in [0.3, 0.4) is 0 Å². The Hall–Kier alpha value is -1.38. The molecule has 0 aromatic carbocycles. The fourth-order valence-electron chi connectivity index (χ4n) is 5.52. The van der Waals surface area contributed by atoms with Crippen molar-refractivity contribution in [2.45, 2.75) is 66.6 Å². The van der Waals surface area contributed by atoms with E-state index in [1.54, 1.807) is 0 Å². The summed E-state index contributed by atoms with van der Waals surface area (Å²) in [5.74, 6) is 0.0235. The smallest absolute Gasteiger partial charge is 0.0822 e. The summed E-state index contributed by atoms with van der Waals surface area (Å²) in [5.41, 5.74) is -1.41. The van der Waals surface area contributed by atoms with Gasteiger partial charge in [-0.05, 0) is 29.6 Å². The van der Waals surface area contributed by atoms with E-state index < -0.39 is 23.0 Å². The molecule has 2 nitrogen and oxygen atoms in total. The van der Waals surface area contributed by atoms with Gasteiger partial charge in [0.1, 0.15) is 0 Å². The zero-order valence-electron chi connectivity index (χ0n) is 17.9. The first-order valence-corrected chi connectivity index (χ1v) is 10.1. The molecule has 2 aliphatic carbocycles. The molecule has 0 aliphatic heterocycles. The summed E-state index contributed by atoms with van der Waals surface area (Å²) in [5, 5.41) is 22.7. The summed E-state index contributed by atoms with van der Waals surface area (Å²) >= 11 is 0. The third-order valence-corrected chi connectivity index (χ3v) is 6.94. The second kappa shape index (κ2) is 7.56. The van der Waals surface area contributed by atoms with Crippen LogP contribution in [0.25, 0.3) is 0 Å². The molecule has 27 heavy (non-hydrogen) atoms. The van der Waals surface area contributed by atoms with Crippen molar-refractivity contribution in [3.63, 3.8) is 0 Å². The minimum absolute atomic E-state index is 0.0235. The predicted molar refractivity (Wildman–Crippen MR) is 115 cm³/mol. The van der Waals surface area contributed by atoms with E-state index in [4.69, 9.17) is 0 Å². The maximum Gasteiger partial charge on any atom is 0.0822 e. The number of aliphatic hydroxyl groups is 2. The van der Waals surface area contributed by atoms with Gasteiger partial charge in [-0.25, -0.2) is 0 Å².